The summed E-state index contributed by atoms with van der Waals surface area (Å²) in [7, 11) is 0. The summed E-state index contributed by atoms with van der Waals surface area (Å²) in [6.07, 6.45) is -4.39. The molecule has 2 aromatic carbocycles. The average molecular weight is 376 g/mol. The zero-order chi connectivity index (χ0) is 18.4. The molecule has 0 atom stereocenters. The summed E-state index contributed by atoms with van der Waals surface area (Å²) in [5.41, 5.74) is 0.505. The molecule has 0 aliphatic rings. The van der Waals surface area contributed by atoms with Gasteiger partial charge in [0.15, 0.2) is 0 Å². The van der Waals surface area contributed by atoms with Crippen molar-refractivity contribution in [3.8, 4) is 0 Å². The monoisotopic (exact) mass is 376 g/mol. The van der Waals surface area contributed by atoms with Crippen molar-refractivity contribution in [3.05, 3.63) is 54.1 Å². The first-order valence-electron chi connectivity index (χ1n) is 7.00. The van der Waals surface area contributed by atoms with Gasteiger partial charge in [0, 0.05) is 10.5 Å². The highest BCUT2D eigenvalue weighted by Gasteiger charge is 2.27. The Balaban J connectivity index is 2.07. The minimum Gasteiger partial charge on any atom is -0.375 e. The van der Waals surface area contributed by atoms with Crippen LogP contribution in [0.4, 0.5) is 33.3 Å². The fraction of sp³-hybridized carbons (Fsp3) is 0.188. The maximum absolute atomic E-state index is 12.3. The standard InChI is InChI=1S/C16H13F5N2OS/c17-15(18)25-11-7-5-10(6-8-11)14(24)23-13-4-2-1-3-12(13)22-9-16(19,20)21/h1-8,15,22H,9H2,(H,23,24). The molecule has 2 N–H and O–H groups in total. The number of para-hydroxylation sites is 2. The van der Waals surface area contributed by atoms with Crippen LogP contribution in [-0.4, -0.2) is 24.4 Å². The van der Waals surface area contributed by atoms with Crippen molar-refractivity contribution < 1.29 is 26.7 Å². The Labute approximate surface area is 144 Å². The molecule has 0 bridgehead atoms. The molecule has 25 heavy (non-hydrogen) atoms. The Morgan fingerprint density at radius 2 is 1.60 bits per heavy atom. The van der Waals surface area contributed by atoms with Crippen LogP contribution in [0.2, 0.25) is 0 Å². The van der Waals surface area contributed by atoms with Gasteiger partial charge in [-0.1, -0.05) is 23.9 Å². The third-order valence-electron chi connectivity index (χ3n) is 3.00. The molecule has 3 nitrogen and oxygen atoms in total. The summed E-state index contributed by atoms with van der Waals surface area (Å²) in [5, 5.41) is 4.71. The average Bonchev–Trinajstić information content (AvgIpc) is 2.53. The summed E-state index contributed by atoms with van der Waals surface area (Å²) in [6.45, 7) is -1.24. The van der Waals surface area contributed by atoms with Crippen LogP contribution in [0.25, 0.3) is 0 Å². The van der Waals surface area contributed by atoms with E-state index in [9.17, 15) is 26.7 Å². The number of alkyl halides is 5. The zero-order valence-electron chi connectivity index (χ0n) is 12.6. The van der Waals surface area contributed by atoms with Gasteiger partial charge in [-0.25, -0.2) is 0 Å². The SMILES string of the molecule is O=C(Nc1ccccc1NCC(F)(F)F)c1ccc(SC(F)F)cc1. The Morgan fingerprint density at radius 1 is 1.00 bits per heavy atom. The molecule has 0 spiro atoms. The van der Waals surface area contributed by atoms with Crippen LogP contribution in [-0.2, 0) is 0 Å². The van der Waals surface area contributed by atoms with Gasteiger partial charge in [-0.15, -0.1) is 0 Å². The van der Waals surface area contributed by atoms with Crippen molar-refractivity contribution in [1.29, 1.82) is 0 Å². The highest BCUT2D eigenvalue weighted by Crippen LogP contribution is 2.26. The minimum atomic E-state index is -4.39. The number of thioether (sulfide) groups is 1. The first-order chi connectivity index (χ1) is 11.7. The molecule has 9 heteroatoms. The molecule has 0 saturated heterocycles. The van der Waals surface area contributed by atoms with Gasteiger partial charge < -0.3 is 10.6 Å². The number of benzene rings is 2. The van der Waals surface area contributed by atoms with Gasteiger partial charge >= 0.3 is 6.18 Å². The molecule has 0 radical (unpaired) electrons. The van der Waals surface area contributed by atoms with Crippen LogP contribution >= 0.6 is 11.8 Å². The quantitative estimate of drug-likeness (QED) is 0.536. The number of hydrogen-bond donors (Lipinski definition) is 2. The van der Waals surface area contributed by atoms with E-state index in [0.717, 1.165) is 0 Å². The molecule has 1 amide bonds. The number of rotatable bonds is 6. The molecule has 0 heterocycles. The molecular formula is C16H13F5N2OS. The lowest BCUT2D eigenvalue weighted by Gasteiger charge is -2.14. The van der Waals surface area contributed by atoms with Gasteiger partial charge in [-0.3, -0.25) is 4.79 Å². The van der Waals surface area contributed by atoms with E-state index < -0.39 is 24.4 Å². The second kappa shape index (κ2) is 8.19. The molecule has 0 fully saturated rings. The van der Waals surface area contributed by atoms with E-state index in [2.05, 4.69) is 10.6 Å². The second-order valence-electron chi connectivity index (χ2n) is 4.87. The Kier molecular flexibility index (Phi) is 6.24. The first-order valence-corrected chi connectivity index (χ1v) is 7.88. The summed E-state index contributed by atoms with van der Waals surface area (Å²) in [6, 6.07) is 11.4. The number of anilines is 2. The fourth-order valence-corrected chi connectivity index (χ4v) is 2.42. The van der Waals surface area contributed by atoms with Gasteiger partial charge in [-0.2, -0.15) is 22.0 Å². The first kappa shape index (κ1) is 19.0. The van der Waals surface area contributed by atoms with Crippen LogP contribution < -0.4 is 10.6 Å². The number of nitrogens with one attached hydrogen (secondary N) is 2. The van der Waals surface area contributed by atoms with Gasteiger partial charge in [0.25, 0.3) is 11.7 Å². The molecule has 0 aromatic heterocycles. The number of halogens is 5. The predicted octanol–water partition coefficient (Wildman–Crippen LogP) is 5.23. The Hall–Kier alpha value is -2.29. The minimum absolute atomic E-state index is 0.123. The van der Waals surface area contributed by atoms with Gasteiger partial charge in [0.05, 0.1) is 11.4 Å². The number of carbonyl (C=O) groups excluding carboxylic acids is 1. The summed E-state index contributed by atoms with van der Waals surface area (Å²) >= 11 is 0.353. The van der Waals surface area contributed by atoms with E-state index in [4.69, 9.17) is 0 Å². The smallest absolute Gasteiger partial charge is 0.375 e. The summed E-state index contributed by atoms with van der Waals surface area (Å²) in [5.74, 6) is -3.12. The van der Waals surface area contributed by atoms with Crippen LogP contribution in [0.15, 0.2) is 53.4 Å². The fourth-order valence-electron chi connectivity index (χ4n) is 1.92. The van der Waals surface area contributed by atoms with Crippen LogP contribution in [0.3, 0.4) is 0 Å². The second-order valence-corrected chi connectivity index (χ2v) is 5.93. The molecular weight excluding hydrogens is 363 g/mol. The third kappa shape index (κ3) is 6.26. The lowest BCUT2D eigenvalue weighted by molar-refractivity contribution is -0.115. The van der Waals surface area contributed by atoms with Crippen molar-refractivity contribution in [2.75, 3.05) is 17.2 Å². The van der Waals surface area contributed by atoms with Crippen molar-refractivity contribution in [2.45, 2.75) is 16.8 Å². The third-order valence-corrected chi connectivity index (χ3v) is 3.72. The normalized spacial score (nSPS) is 11.4. The maximum atomic E-state index is 12.3. The van der Waals surface area contributed by atoms with E-state index in [1.807, 2.05) is 0 Å². The molecule has 0 aliphatic carbocycles. The molecule has 0 unspecified atom stereocenters. The largest absolute Gasteiger partial charge is 0.405 e. The number of amides is 1. The van der Waals surface area contributed by atoms with E-state index in [-0.39, 0.29) is 16.9 Å². The van der Waals surface area contributed by atoms with Crippen molar-refractivity contribution in [3.63, 3.8) is 0 Å². The number of hydrogen-bond acceptors (Lipinski definition) is 3. The zero-order valence-corrected chi connectivity index (χ0v) is 13.4. The van der Waals surface area contributed by atoms with Crippen molar-refractivity contribution in [1.82, 2.24) is 0 Å². The lowest BCUT2D eigenvalue weighted by Crippen LogP contribution is -2.22. The summed E-state index contributed by atoms with van der Waals surface area (Å²) in [4.78, 5) is 12.5. The lowest BCUT2D eigenvalue weighted by atomic mass is 10.2. The van der Waals surface area contributed by atoms with Crippen molar-refractivity contribution >= 4 is 29.0 Å². The van der Waals surface area contributed by atoms with Crippen LogP contribution in [0, 0.1) is 0 Å². The molecule has 0 aliphatic heterocycles. The molecule has 0 saturated carbocycles. The molecule has 134 valence electrons. The van der Waals surface area contributed by atoms with E-state index >= 15 is 0 Å². The highest BCUT2D eigenvalue weighted by atomic mass is 32.2. The Morgan fingerprint density at radius 3 is 2.16 bits per heavy atom. The summed E-state index contributed by atoms with van der Waals surface area (Å²) < 4.78 is 61.5. The molecule has 2 aromatic rings. The van der Waals surface area contributed by atoms with Crippen molar-refractivity contribution in [2.24, 2.45) is 0 Å². The van der Waals surface area contributed by atoms with E-state index in [1.165, 1.54) is 42.5 Å². The molecule has 2 rings (SSSR count). The van der Waals surface area contributed by atoms with E-state index in [1.54, 1.807) is 6.07 Å². The van der Waals surface area contributed by atoms with Crippen LogP contribution in [0.5, 0.6) is 0 Å². The predicted molar refractivity (Wildman–Crippen MR) is 87.2 cm³/mol. The number of carbonyl (C=O) groups is 1. The highest BCUT2D eigenvalue weighted by molar-refractivity contribution is 7.99. The van der Waals surface area contributed by atoms with E-state index in [0.29, 0.717) is 16.7 Å². The van der Waals surface area contributed by atoms with Crippen LogP contribution in [0.1, 0.15) is 10.4 Å². The Bertz CT molecular complexity index is 719. The van der Waals surface area contributed by atoms with Gasteiger partial charge in [0.1, 0.15) is 6.54 Å². The topological polar surface area (TPSA) is 41.1 Å². The van der Waals surface area contributed by atoms with Gasteiger partial charge in [0.2, 0.25) is 0 Å². The maximum Gasteiger partial charge on any atom is 0.405 e. The van der Waals surface area contributed by atoms with Gasteiger partial charge in [-0.05, 0) is 36.4 Å².